The molecule has 0 aromatic carbocycles. The second-order valence-corrected chi connectivity index (χ2v) is 6.29. The van der Waals surface area contributed by atoms with E-state index in [2.05, 4.69) is 5.32 Å². The zero-order valence-electron chi connectivity index (χ0n) is 9.52. The summed E-state index contributed by atoms with van der Waals surface area (Å²) in [6, 6.07) is -0.101. The molecule has 0 saturated carbocycles. The minimum absolute atomic E-state index is 0.101. The molecule has 1 aliphatic heterocycles. The molecule has 1 fully saturated rings. The van der Waals surface area contributed by atoms with Crippen molar-refractivity contribution in [2.75, 3.05) is 19.8 Å². The van der Waals surface area contributed by atoms with Crippen molar-refractivity contribution >= 4 is 15.9 Å². The zero-order valence-corrected chi connectivity index (χ0v) is 10.3. The minimum atomic E-state index is -3.52. The van der Waals surface area contributed by atoms with Gasteiger partial charge in [0, 0.05) is 19.0 Å². The molecule has 1 saturated heterocycles. The van der Waals surface area contributed by atoms with Gasteiger partial charge < -0.3 is 10.1 Å². The van der Waals surface area contributed by atoms with E-state index in [0.717, 1.165) is 0 Å². The predicted molar refractivity (Wildman–Crippen MR) is 59.4 cm³/mol. The van der Waals surface area contributed by atoms with E-state index in [0.29, 0.717) is 19.8 Å². The Morgan fingerprint density at radius 3 is 2.75 bits per heavy atom. The number of carbonyl (C=O) groups is 1. The quantitative estimate of drug-likeness (QED) is 0.683. The molecule has 0 spiro atoms. The van der Waals surface area contributed by atoms with E-state index >= 15 is 0 Å². The lowest BCUT2D eigenvalue weighted by Gasteiger charge is -2.23. The molecule has 1 unspecified atom stereocenters. The van der Waals surface area contributed by atoms with Gasteiger partial charge >= 0.3 is 0 Å². The molecule has 0 radical (unpaired) electrons. The summed E-state index contributed by atoms with van der Waals surface area (Å²) in [4.78, 5) is 11.4. The van der Waals surface area contributed by atoms with Gasteiger partial charge in [-0.15, -0.1) is 0 Å². The molecule has 7 heteroatoms. The number of carbonyl (C=O) groups excluding carboxylic acids is 1. The summed E-state index contributed by atoms with van der Waals surface area (Å²) in [5.41, 5.74) is 0. The van der Waals surface area contributed by atoms with E-state index in [1.165, 1.54) is 13.8 Å². The first-order valence-electron chi connectivity index (χ1n) is 5.27. The van der Waals surface area contributed by atoms with Crippen LogP contribution in [-0.2, 0) is 19.6 Å². The first-order valence-corrected chi connectivity index (χ1v) is 6.82. The Kier molecular flexibility index (Phi) is 4.69. The van der Waals surface area contributed by atoms with Gasteiger partial charge in [-0.1, -0.05) is 0 Å². The van der Waals surface area contributed by atoms with Crippen LogP contribution in [0.5, 0.6) is 0 Å². The van der Waals surface area contributed by atoms with Crippen LogP contribution >= 0.6 is 0 Å². The average Bonchev–Trinajstić information content (AvgIpc) is 2.17. The summed E-state index contributed by atoms with van der Waals surface area (Å²) in [7, 11) is -3.52. The van der Waals surface area contributed by atoms with E-state index in [1.807, 2.05) is 4.72 Å². The third kappa shape index (κ3) is 4.07. The van der Waals surface area contributed by atoms with Crippen molar-refractivity contribution in [3.05, 3.63) is 0 Å². The Hall–Kier alpha value is -0.660. The van der Waals surface area contributed by atoms with Crippen molar-refractivity contribution in [1.29, 1.82) is 0 Å². The number of hydrogen-bond donors (Lipinski definition) is 2. The highest BCUT2D eigenvalue weighted by Gasteiger charge is 2.22. The van der Waals surface area contributed by atoms with Crippen LogP contribution in [0, 0.1) is 0 Å². The van der Waals surface area contributed by atoms with Crippen LogP contribution in [0.1, 0.15) is 20.3 Å². The molecule has 94 valence electrons. The number of rotatable bonds is 4. The van der Waals surface area contributed by atoms with Gasteiger partial charge in [0.05, 0.1) is 18.5 Å². The number of amides is 1. The first-order chi connectivity index (χ1) is 7.42. The highest BCUT2D eigenvalue weighted by molar-refractivity contribution is 7.90. The van der Waals surface area contributed by atoms with Gasteiger partial charge in [0.25, 0.3) is 0 Å². The van der Waals surface area contributed by atoms with Gasteiger partial charge in [-0.25, -0.2) is 8.42 Å². The summed E-state index contributed by atoms with van der Waals surface area (Å²) < 4.78 is 30.0. The Morgan fingerprint density at radius 1 is 1.56 bits per heavy atom. The Labute approximate surface area is 95.8 Å². The van der Waals surface area contributed by atoms with Crippen molar-refractivity contribution in [3.8, 4) is 0 Å². The number of morpholine rings is 1. The van der Waals surface area contributed by atoms with Gasteiger partial charge in [0.2, 0.25) is 15.9 Å². The molecule has 16 heavy (non-hydrogen) atoms. The van der Waals surface area contributed by atoms with Crippen LogP contribution in [0.15, 0.2) is 0 Å². The van der Waals surface area contributed by atoms with E-state index < -0.39 is 21.2 Å². The molecule has 6 nitrogen and oxygen atoms in total. The molecule has 0 aromatic rings. The Morgan fingerprint density at radius 2 is 2.25 bits per heavy atom. The zero-order chi connectivity index (χ0) is 12.2. The standard InChI is InChI=1S/C9H18N2O4S/c1-7(2)16(13,14)11-9(12)5-8-6-15-4-3-10-8/h7-8,10H,3-6H2,1-2H3,(H,11,12). The molecule has 0 aliphatic carbocycles. The second kappa shape index (κ2) is 5.60. The lowest BCUT2D eigenvalue weighted by Crippen LogP contribution is -2.45. The Bertz CT molecular complexity index is 333. The predicted octanol–water partition coefficient (Wildman–Crippen LogP) is -0.781. The van der Waals surface area contributed by atoms with Crippen LogP contribution in [0.2, 0.25) is 0 Å². The third-order valence-electron chi connectivity index (χ3n) is 2.31. The normalized spacial score (nSPS) is 22.1. The van der Waals surface area contributed by atoms with Crippen molar-refractivity contribution in [1.82, 2.24) is 10.0 Å². The SMILES string of the molecule is CC(C)S(=O)(=O)NC(=O)CC1COCCN1. The van der Waals surface area contributed by atoms with Crippen molar-refractivity contribution in [2.45, 2.75) is 31.6 Å². The maximum Gasteiger partial charge on any atom is 0.237 e. The lowest BCUT2D eigenvalue weighted by atomic mass is 10.2. The molecule has 1 amide bonds. The fraction of sp³-hybridized carbons (Fsp3) is 0.889. The van der Waals surface area contributed by atoms with Gasteiger partial charge in [0.1, 0.15) is 0 Å². The maximum absolute atomic E-state index is 11.4. The molecule has 0 aromatic heterocycles. The smallest absolute Gasteiger partial charge is 0.237 e. The van der Waals surface area contributed by atoms with Crippen molar-refractivity contribution < 1.29 is 17.9 Å². The highest BCUT2D eigenvalue weighted by atomic mass is 32.2. The van der Waals surface area contributed by atoms with E-state index in [1.54, 1.807) is 0 Å². The van der Waals surface area contributed by atoms with E-state index in [4.69, 9.17) is 4.74 Å². The van der Waals surface area contributed by atoms with Crippen LogP contribution < -0.4 is 10.0 Å². The fourth-order valence-electron chi connectivity index (χ4n) is 1.29. The first kappa shape index (κ1) is 13.4. The Balaban J connectivity index is 2.41. The van der Waals surface area contributed by atoms with Crippen LogP contribution in [0.3, 0.4) is 0 Å². The molecule has 1 atom stereocenters. The molecule has 1 heterocycles. The van der Waals surface area contributed by atoms with Gasteiger partial charge in [0.15, 0.2) is 0 Å². The molecule has 2 N–H and O–H groups in total. The van der Waals surface area contributed by atoms with E-state index in [9.17, 15) is 13.2 Å². The van der Waals surface area contributed by atoms with Crippen molar-refractivity contribution in [3.63, 3.8) is 0 Å². The molecular weight excluding hydrogens is 232 g/mol. The van der Waals surface area contributed by atoms with Gasteiger partial charge in [-0.3, -0.25) is 9.52 Å². The molecule has 0 bridgehead atoms. The summed E-state index contributed by atoms with van der Waals surface area (Å²) in [6.45, 7) is 4.81. The summed E-state index contributed by atoms with van der Waals surface area (Å²) in [5, 5.41) is 2.48. The highest BCUT2D eigenvalue weighted by Crippen LogP contribution is 2.01. The lowest BCUT2D eigenvalue weighted by molar-refractivity contribution is -0.120. The minimum Gasteiger partial charge on any atom is -0.378 e. The summed E-state index contributed by atoms with van der Waals surface area (Å²) in [5.74, 6) is -0.489. The monoisotopic (exact) mass is 250 g/mol. The second-order valence-electron chi connectivity index (χ2n) is 4.05. The summed E-state index contributed by atoms with van der Waals surface area (Å²) >= 11 is 0. The number of ether oxygens (including phenoxy) is 1. The fourth-order valence-corrected chi connectivity index (χ4v) is 1.93. The van der Waals surface area contributed by atoms with Crippen LogP contribution in [0.25, 0.3) is 0 Å². The van der Waals surface area contributed by atoms with Crippen LogP contribution in [0.4, 0.5) is 0 Å². The molecule has 1 rings (SSSR count). The number of sulfonamides is 1. The number of nitrogens with one attached hydrogen (secondary N) is 2. The third-order valence-corrected chi connectivity index (χ3v) is 4.06. The number of hydrogen-bond acceptors (Lipinski definition) is 5. The largest absolute Gasteiger partial charge is 0.378 e. The molecule has 1 aliphatic rings. The van der Waals surface area contributed by atoms with Crippen molar-refractivity contribution in [2.24, 2.45) is 0 Å². The van der Waals surface area contributed by atoms with Gasteiger partial charge in [-0.2, -0.15) is 0 Å². The molecular formula is C9H18N2O4S. The van der Waals surface area contributed by atoms with Crippen LogP contribution in [-0.4, -0.2) is 45.4 Å². The topological polar surface area (TPSA) is 84.5 Å². The summed E-state index contributed by atoms with van der Waals surface area (Å²) in [6.07, 6.45) is 0.117. The maximum atomic E-state index is 11.4. The van der Waals surface area contributed by atoms with Gasteiger partial charge in [-0.05, 0) is 13.8 Å². The van der Waals surface area contributed by atoms with E-state index in [-0.39, 0.29) is 12.5 Å². The average molecular weight is 250 g/mol.